The fourth-order valence-corrected chi connectivity index (χ4v) is 3.46. The average molecular weight is 531 g/mol. The van der Waals surface area contributed by atoms with Gasteiger partial charge in [0.15, 0.2) is 5.96 Å². The zero-order valence-electron chi connectivity index (χ0n) is 16.7. The van der Waals surface area contributed by atoms with Crippen LogP contribution in [-0.2, 0) is 6.54 Å². The highest BCUT2D eigenvalue weighted by Gasteiger charge is 2.23. The molecule has 0 saturated carbocycles. The largest absolute Gasteiger partial charge is 0.508 e. The van der Waals surface area contributed by atoms with Gasteiger partial charge in [-0.05, 0) is 49.7 Å². The highest BCUT2D eigenvalue weighted by Crippen LogP contribution is 2.24. The lowest BCUT2D eigenvalue weighted by Crippen LogP contribution is -2.44. The van der Waals surface area contributed by atoms with Crippen LogP contribution in [0.4, 0.5) is 5.69 Å². The normalized spacial score (nSPS) is 16.3. The van der Waals surface area contributed by atoms with E-state index < -0.39 is 0 Å². The second-order valence-corrected chi connectivity index (χ2v) is 7.18. The molecule has 6 nitrogen and oxygen atoms in total. The molecule has 8 heteroatoms. The van der Waals surface area contributed by atoms with Crippen molar-refractivity contribution in [3.05, 3.63) is 53.1 Å². The standard InChI is InChI=1S/C21H27ClN4O2.HI/c1-3-23-21(24-13-15-11-19(28-2)7-8-20(15)27)25-17-9-10-26(14-17)18-6-4-5-16(22)12-18;/h4-8,11-12,17,27H,3,9-10,13-14H2,1-2H3,(H2,23,24,25);1H. The molecule has 0 aromatic heterocycles. The Hall–Kier alpha value is -1.87. The second-order valence-electron chi connectivity index (χ2n) is 6.75. The van der Waals surface area contributed by atoms with Crippen LogP contribution in [0, 0.1) is 0 Å². The summed E-state index contributed by atoms with van der Waals surface area (Å²) in [5.74, 6) is 1.66. The first-order valence-electron chi connectivity index (χ1n) is 9.50. The third-order valence-corrected chi connectivity index (χ3v) is 4.98. The van der Waals surface area contributed by atoms with Crippen LogP contribution in [0.25, 0.3) is 0 Å². The van der Waals surface area contributed by atoms with Gasteiger partial charge >= 0.3 is 0 Å². The fraction of sp³-hybridized carbons (Fsp3) is 0.381. The molecule has 1 fully saturated rings. The number of guanidine groups is 1. The minimum absolute atomic E-state index is 0. The summed E-state index contributed by atoms with van der Waals surface area (Å²) in [7, 11) is 1.61. The number of methoxy groups -OCH3 is 1. The van der Waals surface area contributed by atoms with Gasteiger partial charge in [0.2, 0.25) is 0 Å². The molecule has 1 aliphatic heterocycles. The van der Waals surface area contributed by atoms with E-state index >= 15 is 0 Å². The lowest BCUT2D eigenvalue weighted by molar-refractivity contribution is 0.411. The molecular weight excluding hydrogens is 503 g/mol. The van der Waals surface area contributed by atoms with Crippen LogP contribution in [-0.4, -0.2) is 43.9 Å². The number of nitrogens with zero attached hydrogens (tertiary/aromatic N) is 2. The molecule has 0 bridgehead atoms. The van der Waals surface area contributed by atoms with Crippen LogP contribution in [0.15, 0.2) is 47.5 Å². The predicted molar refractivity (Wildman–Crippen MR) is 130 cm³/mol. The van der Waals surface area contributed by atoms with E-state index in [0.29, 0.717) is 12.3 Å². The Morgan fingerprint density at radius 3 is 2.86 bits per heavy atom. The third-order valence-electron chi connectivity index (χ3n) is 4.74. The molecule has 1 unspecified atom stereocenters. The molecule has 0 aliphatic carbocycles. The van der Waals surface area contributed by atoms with E-state index in [9.17, 15) is 5.11 Å². The number of benzene rings is 2. The molecule has 0 spiro atoms. The van der Waals surface area contributed by atoms with Crippen molar-refractivity contribution >= 4 is 47.2 Å². The summed E-state index contributed by atoms with van der Waals surface area (Å²) < 4.78 is 5.23. The molecule has 158 valence electrons. The highest BCUT2D eigenvalue weighted by molar-refractivity contribution is 14.0. The molecule has 2 aromatic rings. The Labute approximate surface area is 194 Å². The summed E-state index contributed by atoms with van der Waals surface area (Å²) in [5, 5.41) is 17.6. The van der Waals surface area contributed by atoms with Gasteiger partial charge in [-0.3, -0.25) is 0 Å². The Kier molecular flexibility index (Phi) is 9.16. The number of aliphatic imine (C=N–C) groups is 1. The van der Waals surface area contributed by atoms with Crippen LogP contribution in [0.2, 0.25) is 5.02 Å². The van der Waals surface area contributed by atoms with Gasteiger partial charge in [-0.15, -0.1) is 24.0 Å². The number of ether oxygens (including phenoxy) is 1. The van der Waals surface area contributed by atoms with E-state index in [0.717, 1.165) is 48.3 Å². The zero-order valence-corrected chi connectivity index (χ0v) is 19.8. The van der Waals surface area contributed by atoms with Crippen LogP contribution in [0.3, 0.4) is 0 Å². The Balaban J connectivity index is 0.00000300. The van der Waals surface area contributed by atoms with Gasteiger partial charge in [0.05, 0.1) is 13.7 Å². The van der Waals surface area contributed by atoms with E-state index in [1.54, 1.807) is 25.3 Å². The number of hydrogen-bond acceptors (Lipinski definition) is 4. The summed E-state index contributed by atoms with van der Waals surface area (Å²) in [5.41, 5.74) is 1.86. The van der Waals surface area contributed by atoms with E-state index in [-0.39, 0.29) is 35.8 Å². The van der Waals surface area contributed by atoms with E-state index in [4.69, 9.17) is 16.3 Å². The van der Waals surface area contributed by atoms with E-state index in [1.165, 1.54) is 0 Å². The molecule has 3 rings (SSSR count). The summed E-state index contributed by atoms with van der Waals surface area (Å²) in [6, 6.07) is 13.4. The van der Waals surface area contributed by atoms with Gasteiger partial charge in [0.25, 0.3) is 0 Å². The van der Waals surface area contributed by atoms with E-state index in [2.05, 4.69) is 26.6 Å². The van der Waals surface area contributed by atoms with Gasteiger partial charge in [-0.25, -0.2) is 4.99 Å². The van der Waals surface area contributed by atoms with Crippen molar-refractivity contribution in [1.82, 2.24) is 10.6 Å². The predicted octanol–water partition coefficient (Wildman–Crippen LogP) is 4.01. The summed E-state index contributed by atoms with van der Waals surface area (Å²) in [6.07, 6.45) is 1.02. The number of aromatic hydroxyl groups is 1. The van der Waals surface area contributed by atoms with Gasteiger partial charge < -0.3 is 25.4 Å². The first kappa shape index (κ1) is 23.4. The number of hydrogen-bond donors (Lipinski definition) is 3. The van der Waals surface area contributed by atoms with Crippen LogP contribution >= 0.6 is 35.6 Å². The molecule has 1 atom stereocenters. The van der Waals surface area contributed by atoms with Crippen molar-refractivity contribution in [2.75, 3.05) is 31.6 Å². The fourth-order valence-electron chi connectivity index (χ4n) is 3.28. The number of rotatable bonds is 6. The maximum Gasteiger partial charge on any atom is 0.191 e. The molecule has 1 aliphatic rings. The molecule has 0 radical (unpaired) electrons. The topological polar surface area (TPSA) is 69.1 Å². The number of halogens is 2. The number of anilines is 1. The quantitative estimate of drug-likeness (QED) is 0.299. The van der Waals surface area contributed by atoms with Crippen molar-refractivity contribution in [2.45, 2.75) is 25.9 Å². The first-order valence-corrected chi connectivity index (χ1v) is 9.88. The van der Waals surface area contributed by atoms with Crippen molar-refractivity contribution in [1.29, 1.82) is 0 Å². The van der Waals surface area contributed by atoms with Crippen LogP contribution in [0.1, 0.15) is 18.9 Å². The summed E-state index contributed by atoms with van der Waals surface area (Å²) in [4.78, 5) is 6.96. The minimum Gasteiger partial charge on any atom is -0.508 e. The number of phenolic OH excluding ortho intramolecular Hbond substituents is 1. The van der Waals surface area contributed by atoms with Crippen LogP contribution in [0.5, 0.6) is 11.5 Å². The second kappa shape index (κ2) is 11.3. The monoisotopic (exact) mass is 530 g/mol. The first-order chi connectivity index (χ1) is 13.6. The van der Waals surface area contributed by atoms with Crippen molar-refractivity contribution in [2.24, 2.45) is 4.99 Å². The van der Waals surface area contributed by atoms with Crippen molar-refractivity contribution < 1.29 is 9.84 Å². The molecular formula is C21H28ClIN4O2. The third kappa shape index (κ3) is 6.57. The Morgan fingerprint density at radius 2 is 2.14 bits per heavy atom. The maximum absolute atomic E-state index is 10.1. The van der Waals surface area contributed by atoms with Gasteiger partial charge in [-0.2, -0.15) is 0 Å². The van der Waals surface area contributed by atoms with Crippen molar-refractivity contribution in [3.8, 4) is 11.5 Å². The lowest BCUT2D eigenvalue weighted by atomic mass is 10.2. The van der Waals surface area contributed by atoms with Gasteiger partial charge in [0, 0.05) is 41.9 Å². The highest BCUT2D eigenvalue weighted by atomic mass is 127. The molecule has 0 amide bonds. The van der Waals surface area contributed by atoms with Crippen molar-refractivity contribution in [3.63, 3.8) is 0 Å². The lowest BCUT2D eigenvalue weighted by Gasteiger charge is -2.20. The van der Waals surface area contributed by atoms with Crippen LogP contribution < -0.4 is 20.3 Å². The zero-order chi connectivity index (χ0) is 19.9. The SMILES string of the molecule is CCNC(=NCc1cc(OC)ccc1O)NC1CCN(c2cccc(Cl)c2)C1.I. The summed E-state index contributed by atoms with van der Waals surface area (Å²) in [6.45, 7) is 5.01. The maximum atomic E-state index is 10.1. The number of phenols is 1. The molecule has 2 aromatic carbocycles. The summed E-state index contributed by atoms with van der Waals surface area (Å²) >= 11 is 6.12. The smallest absolute Gasteiger partial charge is 0.191 e. The molecule has 1 heterocycles. The Morgan fingerprint density at radius 1 is 1.31 bits per heavy atom. The molecule has 3 N–H and O–H groups in total. The molecule has 1 saturated heterocycles. The van der Waals surface area contributed by atoms with Gasteiger partial charge in [0.1, 0.15) is 11.5 Å². The Bertz CT molecular complexity index is 834. The minimum atomic E-state index is 0. The van der Waals surface area contributed by atoms with Gasteiger partial charge in [-0.1, -0.05) is 17.7 Å². The van der Waals surface area contributed by atoms with E-state index in [1.807, 2.05) is 25.1 Å². The molecule has 29 heavy (non-hydrogen) atoms. The average Bonchev–Trinajstić information content (AvgIpc) is 3.16. The number of nitrogens with one attached hydrogen (secondary N) is 2.